The number of hydrogen-bond donors (Lipinski definition) is 0. The molecule has 0 nitrogen and oxygen atoms in total. The van der Waals surface area contributed by atoms with E-state index in [9.17, 15) is 0 Å². The first-order valence-corrected chi connectivity index (χ1v) is 6.39. The molecule has 0 fully saturated rings. The first-order valence-electron chi connectivity index (χ1n) is 6.01. The van der Waals surface area contributed by atoms with Crippen LogP contribution in [0.15, 0.2) is 12.1 Å². The molecule has 0 N–H and O–H groups in total. The summed E-state index contributed by atoms with van der Waals surface area (Å²) in [4.78, 5) is 0. The summed E-state index contributed by atoms with van der Waals surface area (Å²) in [5.41, 5.74) is 4.24. The molecule has 84 valence electrons. The highest BCUT2D eigenvalue weighted by Gasteiger charge is 2.12. The lowest BCUT2D eigenvalue weighted by Crippen LogP contribution is -2.04. The quantitative estimate of drug-likeness (QED) is 0.672. The molecular weight excluding hydrogens is 216 g/mol. The molecule has 1 aromatic carbocycles. The smallest absolute Gasteiger partial charge is 0.0441 e. The average Bonchev–Trinajstić information content (AvgIpc) is 2.30. The van der Waals surface area contributed by atoms with Crippen LogP contribution in [0.4, 0.5) is 0 Å². The van der Waals surface area contributed by atoms with Gasteiger partial charge < -0.3 is 0 Å². The zero-order valence-electron chi connectivity index (χ0n) is 9.78. The Bertz CT molecular complexity index is 435. The molecule has 0 atom stereocenters. The third kappa shape index (κ3) is 2.60. The van der Waals surface area contributed by atoms with E-state index in [-0.39, 0.29) is 0 Å². The van der Waals surface area contributed by atoms with E-state index < -0.39 is 0 Å². The Balaban J connectivity index is 2.20. The summed E-state index contributed by atoms with van der Waals surface area (Å²) in [6.45, 7) is 1.88. The minimum atomic E-state index is 0.912. The predicted octanol–water partition coefficient (Wildman–Crippen LogP) is 4.17. The Morgan fingerprint density at radius 2 is 1.88 bits per heavy atom. The van der Waals surface area contributed by atoms with Crippen LogP contribution in [0.1, 0.15) is 42.9 Å². The van der Waals surface area contributed by atoms with Gasteiger partial charge in [0.1, 0.15) is 0 Å². The highest BCUT2D eigenvalue weighted by molar-refractivity contribution is 6.31. The molecule has 16 heavy (non-hydrogen) atoms. The highest BCUT2D eigenvalue weighted by Crippen LogP contribution is 2.28. The fraction of sp³-hybridized carbons (Fsp3) is 0.467. The van der Waals surface area contributed by atoms with E-state index in [1.807, 2.05) is 6.92 Å². The van der Waals surface area contributed by atoms with Gasteiger partial charge in [-0.1, -0.05) is 17.7 Å². The summed E-state index contributed by atoms with van der Waals surface area (Å²) in [6.07, 6.45) is 6.94. The van der Waals surface area contributed by atoms with Crippen LogP contribution in [0.3, 0.4) is 0 Å². The van der Waals surface area contributed by atoms with Gasteiger partial charge in [0.2, 0.25) is 0 Å². The number of benzene rings is 1. The SMILES string of the molecule is CC#CCCc1cc2c(cc1Cl)CCCC2. The van der Waals surface area contributed by atoms with Crippen molar-refractivity contribution in [3.8, 4) is 11.8 Å². The van der Waals surface area contributed by atoms with Crippen molar-refractivity contribution in [2.75, 3.05) is 0 Å². The van der Waals surface area contributed by atoms with Crippen LogP contribution in [0.2, 0.25) is 5.02 Å². The largest absolute Gasteiger partial charge is 0.107 e. The van der Waals surface area contributed by atoms with Crippen molar-refractivity contribution in [3.63, 3.8) is 0 Å². The van der Waals surface area contributed by atoms with Gasteiger partial charge in [0.25, 0.3) is 0 Å². The van der Waals surface area contributed by atoms with Crippen LogP contribution in [-0.2, 0) is 19.3 Å². The van der Waals surface area contributed by atoms with E-state index in [4.69, 9.17) is 11.6 Å². The second-order valence-corrected chi connectivity index (χ2v) is 4.75. The Morgan fingerprint density at radius 1 is 1.19 bits per heavy atom. The lowest BCUT2D eigenvalue weighted by atomic mass is 9.89. The second kappa shape index (κ2) is 5.41. The molecule has 1 aliphatic carbocycles. The number of rotatable bonds is 2. The lowest BCUT2D eigenvalue weighted by molar-refractivity contribution is 0.684. The predicted molar refractivity (Wildman–Crippen MR) is 69.9 cm³/mol. The lowest BCUT2D eigenvalue weighted by Gasteiger charge is -2.17. The molecule has 1 heteroatoms. The molecule has 0 heterocycles. The molecule has 1 aliphatic rings. The standard InChI is InChI=1S/C15H17Cl/c1-2-3-4-9-14-10-12-7-5-6-8-13(12)11-15(14)16/h10-11H,4-9H2,1H3. The molecule has 0 spiro atoms. The topological polar surface area (TPSA) is 0 Å². The molecule has 0 saturated carbocycles. The van der Waals surface area contributed by atoms with Gasteiger partial charge >= 0.3 is 0 Å². The number of aryl methyl sites for hydroxylation is 3. The average molecular weight is 233 g/mol. The summed E-state index contributed by atoms with van der Waals surface area (Å²) in [7, 11) is 0. The molecule has 0 aliphatic heterocycles. The number of fused-ring (bicyclic) bond motifs is 1. The van der Waals surface area contributed by atoms with Crippen LogP contribution >= 0.6 is 11.6 Å². The normalized spacial score (nSPS) is 13.9. The van der Waals surface area contributed by atoms with Crippen LogP contribution in [0, 0.1) is 11.8 Å². The van der Waals surface area contributed by atoms with E-state index in [0.29, 0.717) is 0 Å². The third-order valence-electron chi connectivity index (χ3n) is 3.21. The van der Waals surface area contributed by atoms with Gasteiger partial charge in [-0.05, 0) is 61.8 Å². The van der Waals surface area contributed by atoms with Crippen molar-refractivity contribution in [3.05, 3.63) is 33.8 Å². The maximum Gasteiger partial charge on any atom is 0.0441 e. The maximum absolute atomic E-state index is 6.29. The summed E-state index contributed by atoms with van der Waals surface area (Å²) in [6, 6.07) is 4.47. The van der Waals surface area contributed by atoms with Gasteiger partial charge in [0.05, 0.1) is 0 Å². The fourth-order valence-electron chi connectivity index (χ4n) is 2.32. The minimum Gasteiger partial charge on any atom is -0.107 e. The maximum atomic E-state index is 6.29. The molecular formula is C15H17Cl. The van der Waals surface area contributed by atoms with Gasteiger partial charge in [0, 0.05) is 11.4 Å². The van der Waals surface area contributed by atoms with Crippen LogP contribution in [-0.4, -0.2) is 0 Å². The first kappa shape index (κ1) is 11.6. The molecule has 0 bridgehead atoms. The molecule has 1 aromatic rings. The Kier molecular flexibility index (Phi) is 3.91. The van der Waals surface area contributed by atoms with Gasteiger partial charge in [-0.2, -0.15) is 0 Å². The number of hydrogen-bond acceptors (Lipinski definition) is 0. The first-order chi connectivity index (χ1) is 7.81. The number of halogens is 1. The van der Waals surface area contributed by atoms with Gasteiger partial charge in [-0.15, -0.1) is 11.8 Å². The van der Waals surface area contributed by atoms with E-state index >= 15 is 0 Å². The molecule has 0 unspecified atom stereocenters. The van der Waals surface area contributed by atoms with Crippen molar-refractivity contribution < 1.29 is 0 Å². The van der Waals surface area contributed by atoms with E-state index in [1.54, 1.807) is 0 Å². The summed E-state index contributed by atoms with van der Waals surface area (Å²) < 4.78 is 0. The monoisotopic (exact) mass is 232 g/mol. The van der Waals surface area contributed by atoms with E-state index in [1.165, 1.54) is 42.4 Å². The Labute approximate surface area is 103 Å². The zero-order chi connectivity index (χ0) is 11.4. The van der Waals surface area contributed by atoms with Crippen LogP contribution < -0.4 is 0 Å². The Morgan fingerprint density at radius 3 is 2.56 bits per heavy atom. The van der Waals surface area contributed by atoms with Crippen molar-refractivity contribution in [2.24, 2.45) is 0 Å². The zero-order valence-corrected chi connectivity index (χ0v) is 10.5. The highest BCUT2D eigenvalue weighted by atomic mass is 35.5. The van der Waals surface area contributed by atoms with Crippen molar-refractivity contribution in [1.82, 2.24) is 0 Å². The molecule has 0 radical (unpaired) electrons. The van der Waals surface area contributed by atoms with E-state index in [0.717, 1.165) is 17.9 Å². The molecule has 0 saturated heterocycles. The summed E-state index contributed by atoms with van der Waals surface area (Å²) in [5.74, 6) is 6.02. The van der Waals surface area contributed by atoms with E-state index in [2.05, 4.69) is 24.0 Å². The van der Waals surface area contributed by atoms with Crippen LogP contribution in [0.25, 0.3) is 0 Å². The Hall–Kier alpha value is -0.930. The van der Waals surface area contributed by atoms with Crippen LogP contribution in [0.5, 0.6) is 0 Å². The fourth-order valence-corrected chi connectivity index (χ4v) is 2.60. The summed E-state index contributed by atoms with van der Waals surface area (Å²) >= 11 is 6.29. The second-order valence-electron chi connectivity index (χ2n) is 4.35. The van der Waals surface area contributed by atoms with Gasteiger partial charge in [-0.25, -0.2) is 0 Å². The minimum absolute atomic E-state index is 0.912. The van der Waals surface area contributed by atoms with Gasteiger partial charge in [-0.3, -0.25) is 0 Å². The molecule has 2 rings (SSSR count). The van der Waals surface area contributed by atoms with Crippen molar-refractivity contribution in [1.29, 1.82) is 0 Å². The molecule has 0 aromatic heterocycles. The van der Waals surface area contributed by atoms with Crippen molar-refractivity contribution in [2.45, 2.75) is 45.4 Å². The molecule has 0 amide bonds. The summed E-state index contributed by atoms with van der Waals surface area (Å²) in [5, 5.41) is 0.929. The van der Waals surface area contributed by atoms with Crippen molar-refractivity contribution >= 4 is 11.6 Å². The van der Waals surface area contributed by atoms with Gasteiger partial charge in [0.15, 0.2) is 0 Å². The third-order valence-corrected chi connectivity index (χ3v) is 3.56.